The van der Waals surface area contributed by atoms with E-state index in [-0.39, 0.29) is 11.2 Å². The highest BCUT2D eigenvalue weighted by Crippen LogP contribution is 2.55. The quantitative estimate of drug-likeness (QED) is 0.664. The predicted octanol–water partition coefficient (Wildman–Crippen LogP) is 2.64. The van der Waals surface area contributed by atoms with Crippen LogP contribution < -0.4 is 0 Å². The molecule has 0 aromatic carbocycles. The topological polar surface area (TPSA) is 29.4 Å². The van der Waals surface area contributed by atoms with Gasteiger partial charge in [-0.1, -0.05) is 26.8 Å². The van der Waals surface area contributed by atoms with Crippen molar-refractivity contribution in [3.8, 4) is 0 Å². The van der Waals surface area contributed by atoms with Crippen LogP contribution in [-0.2, 0) is 4.79 Å². The van der Waals surface area contributed by atoms with Gasteiger partial charge in [0.2, 0.25) is 5.78 Å². The number of hydrogen-bond donors (Lipinski definition) is 0. The number of hydrogen-bond acceptors (Lipinski definition) is 2. The number of aliphatic imine (C=N–C) groups is 1. The van der Waals surface area contributed by atoms with Gasteiger partial charge >= 0.3 is 0 Å². The number of rotatable bonds is 1. The van der Waals surface area contributed by atoms with Gasteiger partial charge in [0.15, 0.2) is 0 Å². The van der Waals surface area contributed by atoms with E-state index in [1.54, 1.807) is 0 Å². The zero-order valence-corrected chi connectivity index (χ0v) is 10.3. The van der Waals surface area contributed by atoms with Gasteiger partial charge in [-0.3, -0.25) is 9.79 Å². The largest absolute Gasteiger partial charge is 0.288 e. The van der Waals surface area contributed by atoms with Crippen molar-refractivity contribution in [3.63, 3.8) is 0 Å². The van der Waals surface area contributed by atoms with Crippen LogP contribution in [0, 0.1) is 23.2 Å². The summed E-state index contributed by atoms with van der Waals surface area (Å²) in [6.07, 6.45) is 4.74. The number of Topliss-reactive ketones (excluding diaryl/α,β-unsaturated/α-hetero) is 1. The molecule has 0 bridgehead atoms. The summed E-state index contributed by atoms with van der Waals surface area (Å²) in [4.78, 5) is 16.9. The SMILES string of the molecule is CC(C)C1=C[C@@H]2CCC3CN=C(C1=O)C32C. The van der Waals surface area contributed by atoms with Crippen LogP contribution in [0.15, 0.2) is 16.6 Å². The highest BCUT2D eigenvalue weighted by molar-refractivity contribution is 6.48. The number of nitrogens with zero attached hydrogens (tertiary/aromatic N) is 1. The first kappa shape index (κ1) is 10.2. The molecule has 2 heteroatoms. The first-order valence-corrected chi connectivity index (χ1v) is 6.36. The molecule has 1 saturated carbocycles. The molecule has 0 aromatic heterocycles. The molecule has 2 nitrogen and oxygen atoms in total. The summed E-state index contributed by atoms with van der Waals surface area (Å²) >= 11 is 0. The van der Waals surface area contributed by atoms with Crippen LogP contribution >= 0.6 is 0 Å². The number of carbonyl (C=O) groups excluding carboxylic acids is 1. The third-order valence-electron chi connectivity index (χ3n) is 4.90. The molecule has 3 rings (SSSR count). The lowest BCUT2D eigenvalue weighted by Crippen LogP contribution is -2.42. The zero-order valence-electron chi connectivity index (χ0n) is 10.3. The van der Waals surface area contributed by atoms with Crippen molar-refractivity contribution in [2.45, 2.75) is 33.6 Å². The molecule has 1 aliphatic heterocycles. The first-order chi connectivity index (χ1) is 7.55. The molecule has 0 saturated heterocycles. The van der Waals surface area contributed by atoms with E-state index in [1.165, 1.54) is 12.8 Å². The van der Waals surface area contributed by atoms with Gasteiger partial charge in [0.05, 0.1) is 5.71 Å². The Labute approximate surface area is 96.8 Å². The molecule has 0 radical (unpaired) electrons. The molecule has 2 aliphatic carbocycles. The van der Waals surface area contributed by atoms with Crippen molar-refractivity contribution >= 4 is 11.5 Å². The highest BCUT2D eigenvalue weighted by Gasteiger charge is 2.56. The first-order valence-electron chi connectivity index (χ1n) is 6.36. The van der Waals surface area contributed by atoms with Crippen LogP contribution in [0.3, 0.4) is 0 Å². The van der Waals surface area contributed by atoms with Crippen molar-refractivity contribution in [1.82, 2.24) is 0 Å². The van der Waals surface area contributed by atoms with E-state index < -0.39 is 0 Å². The van der Waals surface area contributed by atoms with E-state index in [2.05, 4.69) is 31.8 Å². The highest BCUT2D eigenvalue weighted by atomic mass is 16.1. The lowest BCUT2D eigenvalue weighted by Gasteiger charge is -2.36. The summed E-state index contributed by atoms with van der Waals surface area (Å²) in [6, 6.07) is 0. The monoisotopic (exact) mass is 217 g/mol. The van der Waals surface area contributed by atoms with Crippen LogP contribution in [0.25, 0.3) is 0 Å². The molecule has 0 amide bonds. The summed E-state index contributed by atoms with van der Waals surface area (Å²) in [7, 11) is 0. The van der Waals surface area contributed by atoms with Gasteiger partial charge in [0.1, 0.15) is 0 Å². The van der Waals surface area contributed by atoms with Crippen molar-refractivity contribution < 1.29 is 4.79 Å². The molecule has 1 heterocycles. The van der Waals surface area contributed by atoms with Crippen molar-refractivity contribution in [3.05, 3.63) is 11.6 Å². The second kappa shape index (κ2) is 3.06. The van der Waals surface area contributed by atoms with Crippen molar-refractivity contribution in [2.75, 3.05) is 6.54 Å². The summed E-state index contributed by atoms with van der Waals surface area (Å²) in [6.45, 7) is 7.35. The standard InChI is InChI=1S/C14H19NO/c1-8(2)11-6-9-4-5-10-7-15-13(12(11)16)14(9,10)3/h6,8-10H,4-5,7H2,1-3H3/t9-,10?,14?/m0/s1. The fourth-order valence-electron chi connectivity index (χ4n) is 3.76. The van der Waals surface area contributed by atoms with E-state index in [4.69, 9.17) is 0 Å². The van der Waals surface area contributed by atoms with Gasteiger partial charge in [-0.2, -0.15) is 0 Å². The van der Waals surface area contributed by atoms with E-state index >= 15 is 0 Å². The summed E-state index contributed by atoms with van der Waals surface area (Å²) < 4.78 is 0. The predicted molar refractivity (Wildman–Crippen MR) is 64.6 cm³/mol. The fourth-order valence-corrected chi connectivity index (χ4v) is 3.76. The Bertz CT molecular complexity index is 418. The smallest absolute Gasteiger partial charge is 0.203 e. The minimum atomic E-state index is 0.0788. The molecule has 86 valence electrons. The maximum atomic E-state index is 12.4. The third-order valence-corrected chi connectivity index (χ3v) is 4.90. The van der Waals surface area contributed by atoms with Gasteiger partial charge in [-0.15, -0.1) is 0 Å². The Kier molecular flexibility index (Phi) is 1.96. The molecule has 0 N–H and O–H groups in total. The van der Waals surface area contributed by atoms with Crippen molar-refractivity contribution in [1.29, 1.82) is 0 Å². The summed E-state index contributed by atoms with van der Waals surface area (Å²) in [5, 5.41) is 0. The second-order valence-electron chi connectivity index (χ2n) is 5.96. The minimum Gasteiger partial charge on any atom is -0.288 e. The maximum Gasteiger partial charge on any atom is 0.203 e. The normalized spacial score (nSPS) is 41.1. The van der Waals surface area contributed by atoms with E-state index in [0.29, 0.717) is 17.8 Å². The Balaban J connectivity index is 2.13. The van der Waals surface area contributed by atoms with Crippen LogP contribution in [0.1, 0.15) is 33.6 Å². The lowest BCUT2D eigenvalue weighted by atomic mass is 9.65. The second-order valence-corrected chi connectivity index (χ2v) is 5.96. The summed E-state index contributed by atoms with van der Waals surface area (Å²) in [5.41, 5.74) is 1.98. The molecule has 3 atom stereocenters. The Morgan fingerprint density at radius 2 is 2.19 bits per heavy atom. The van der Waals surface area contributed by atoms with Gasteiger partial charge in [0.25, 0.3) is 0 Å². The average Bonchev–Trinajstić information content (AvgIpc) is 2.70. The Hall–Kier alpha value is -0.920. The zero-order chi connectivity index (χ0) is 11.5. The maximum absolute atomic E-state index is 12.4. The third kappa shape index (κ3) is 1.03. The van der Waals surface area contributed by atoms with Gasteiger partial charge in [-0.05, 0) is 30.6 Å². The Morgan fingerprint density at radius 3 is 2.88 bits per heavy atom. The lowest BCUT2D eigenvalue weighted by molar-refractivity contribution is -0.111. The summed E-state index contributed by atoms with van der Waals surface area (Å²) in [5.74, 6) is 1.76. The van der Waals surface area contributed by atoms with E-state index in [0.717, 1.165) is 17.8 Å². The average molecular weight is 217 g/mol. The number of carbonyl (C=O) groups is 1. The molecule has 3 aliphatic rings. The van der Waals surface area contributed by atoms with Crippen LogP contribution in [0.2, 0.25) is 0 Å². The minimum absolute atomic E-state index is 0.0788. The molecule has 1 fully saturated rings. The number of allylic oxidation sites excluding steroid dienone is 2. The van der Waals surface area contributed by atoms with Crippen LogP contribution in [-0.4, -0.2) is 18.0 Å². The van der Waals surface area contributed by atoms with E-state index in [9.17, 15) is 4.79 Å². The molecular formula is C14H19NO. The number of ketones is 1. The van der Waals surface area contributed by atoms with Crippen molar-refractivity contribution in [2.24, 2.45) is 28.2 Å². The van der Waals surface area contributed by atoms with Crippen LogP contribution in [0.5, 0.6) is 0 Å². The van der Waals surface area contributed by atoms with Gasteiger partial charge in [0, 0.05) is 17.5 Å². The molecule has 0 aromatic rings. The van der Waals surface area contributed by atoms with Crippen LogP contribution in [0.4, 0.5) is 0 Å². The Morgan fingerprint density at radius 1 is 1.44 bits per heavy atom. The van der Waals surface area contributed by atoms with E-state index in [1.807, 2.05) is 0 Å². The fraction of sp³-hybridized carbons (Fsp3) is 0.714. The van der Waals surface area contributed by atoms with Gasteiger partial charge < -0.3 is 0 Å². The molecule has 16 heavy (non-hydrogen) atoms. The molecular weight excluding hydrogens is 198 g/mol. The molecule has 0 spiro atoms. The van der Waals surface area contributed by atoms with Gasteiger partial charge in [-0.25, -0.2) is 0 Å². The molecule has 2 unspecified atom stereocenters.